The number of hydrogen-bond acceptors (Lipinski definition) is 5. The van der Waals surface area contributed by atoms with Crippen LogP contribution in [0.3, 0.4) is 0 Å². The molecule has 6 nitrogen and oxygen atoms in total. The molecular weight excluding hydrogens is 511 g/mol. The molecule has 30 heavy (non-hydrogen) atoms. The molecule has 0 aliphatic heterocycles. The van der Waals surface area contributed by atoms with Gasteiger partial charge >= 0.3 is 0 Å². The zero-order valence-corrected chi connectivity index (χ0v) is 20.4. The van der Waals surface area contributed by atoms with E-state index in [1.807, 2.05) is 13.0 Å². The molecule has 0 saturated heterocycles. The number of nitrogens with zero attached hydrogens (tertiary/aromatic N) is 2. The van der Waals surface area contributed by atoms with Crippen molar-refractivity contribution >= 4 is 41.3 Å². The number of furan rings is 1. The van der Waals surface area contributed by atoms with Crippen LogP contribution in [0.15, 0.2) is 63.5 Å². The lowest BCUT2D eigenvalue weighted by Gasteiger charge is -2.22. The fourth-order valence-corrected chi connectivity index (χ4v) is 3.65. The predicted octanol–water partition coefficient (Wildman–Crippen LogP) is 4.10. The lowest BCUT2D eigenvalue weighted by Crippen LogP contribution is -2.44. The average Bonchev–Trinajstić information content (AvgIpc) is 3.42. The molecule has 0 radical (unpaired) electrons. The molecule has 3 N–H and O–H groups in total. The molecule has 0 fully saturated rings. The number of aliphatic imine (C=N–C) groups is 1. The molecule has 0 aliphatic rings. The minimum atomic E-state index is -1.12. The zero-order valence-electron chi connectivity index (χ0n) is 17.3. The zero-order chi connectivity index (χ0) is 20.5. The first-order valence-corrected chi connectivity index (χ1v) is 10.7. The maximum Gasteiger partial charge on any atom is 0.191 e. The van der Waals surface area contributed by atoms with E-state index in [1.165, 1.54) is 5.56 Å². The Labute approximate surface area is 198 Å². The quantitative estimate of drug-likeness (QED) is 0.216. The molecule has 0 saturated carbocycles. The van der Waals surface area contributed by atoms with Gasteiger partial charge in [-0.05, 0) is 38.0 Å². The molecule has 0 aliphatic carbocycles. The molecule has 0 spiro atoms. The number of hydrogen-bond donors (Lipinski definition) is 3. The van der Waals surface area contributed by atoms with E-state index < -0.39 is 5.60 Å². The van der Waals surface area contributed by atoms with Crippen LogP contribution in [0.4, 0.5) is 0 Å². The monoisotopic (exact) mass is 540 g/mol. The van der Waals surface area contributed by atoms with Gasteiger partial charge in [0.1, 0.15) is 11.4 Å². The van der Waals surface area contributed by atoms with Crippen molar-refractivity contribution in [2.24, 2.45) is 4.99 Å². The van der Waals surface area contributed by atoms with Crippen LogP contribution in [-0.4, -0.2) is 29.1 Å². The van der Waals surface area contributed by atoms with Gasteiger partial charge in [0.2, 0.25) is 0 Å². The van der Waals surface area contributed by atoms with Gasteiger partial charge in [0, 0.05) is 18.3 Å². The van der Waals surface area contributed by atoms with Crippen molar-refractivity contribution in [2.45, 2.75) is 38.8 Å². The summed E-state index contributed by atoms with van der Waals surface area (Å²) in [6, 6.07) is 14.0. The van der Waals surface area contributed by atoms with Gasteiger partial charge in [-0.3, -0.25) is 0 Å². The largest absolute Gasteiger partial charge is 0.466 e. The van der Waals surface area contributed by atoms with Gasteiger partial charge in [-0.1, -0.05) is 30.3 Å². The molecule has 1 atom stereocenters. The molecule has 1 unspecified atom stereocenters. The molecule has 1 aromatic carbocycles. The second kappa shape index (κ2) is 12.1. The Balaban J connectivity index is 0.00000320. The number of nitrogens with one attached hydrogen (secondary N) is 2. The van der Waals surface area contributed by atoms with Crippen LogP contribution in [-0.2, 0) is 25.0 Å². The molecule has 8 heteroatoms. The lowest BCUT2D eigenvalue weighted by atomic mass is 10.0. The number of guanidine groups is 1. The summed E-state index contributed by atoms with van der Waals surface area (Å²) in [5, 5.41) is 20.1. The fraction of sp³-hybridized carbons (Fsp3) is 0.364. The van der Waals surface area contributed by atoms with E-state index in [4.69, 9.17) is 9.40 Å². The minimum absolute atomic E-state index is 0. The van der Waals surface area contributed by atoms with E-state index in [0.717, 1.165) is 30.1 Å². The molecule has 3 aromatic rings. The van der Waals surface area contributed by atoms with Crippen LogP contribution in [0, 0.1) is 0 Å². The summed E-state index contributed by atoms with van der Waals surface area (Å²) in [6.45, 7) is 5.22. The Bertz CT molecular complexity index is 895. The number of benzene rings is 1. The minimum Gasteiger partial charge on any atom is -0.466 e. The number of aliphatic hydroxyl groups is 1. The Kier molecular flexibility index (Phi) is 9.80. The normalized spacial score (nSPS) is 13.4. The van der Waals surface area contributed by atoms with Gasteiger partial charge in [0.15, 0.2) is 5.96 Å². The molecule has 2 aromatic heterocycles. The van der Waals surface area contributed by atoms with E-state index in [2.05, 4.69) is 45.3 Å². The smallest absolute Gasteiger partial charge is 0.191 e. The highest BCUT2D eigenvalue weighted by atomic mass is 127. The number of aryl methyl sites for hydroxylation is 2. The Hall–Kier alpha value is -1.91. The Morgan fingerprint density at radius 1 is 1.17 bits per heavy atom. The molecule has 0 bridgehead atoms. The maximum atomic E-state index is 10.6. The van der Waals surface area contributed by atoms with E-state index >= 15 is 0 Å². The number of aromatic nitrogens is 1. The second-order valence-electron chi connectivity index (χ2n) is 7.02. The van der Waals surface area contributed by atoms with Crippen molar-refractivity contribution in [3.8, 4) is 0 Å². The third-order valence-electron chi connectivity index (χ3n) is 4.47. The van der Waals surface area contributed by atoms with Crippen molar-refractivity contribution < 1.29 is 9.52 Å². The molecule has 0 amide bonds. The highest BCUT2D eigenvalue weighted by Gasteiger charge is 2.26. The Morgan fingerprint density at radius 2 is 1.97 bits per heavy atom. The SMILES string of the molecule is CCNC(=NCc1csc(CCc2ccccc2)n1)NCC(C)(O)c1ccco1.I. The summed E-state index contributed by atoms with van der Waals surface area (Å²) in [7, 11) is 0. The molecule has 2 heterocycles. The van der Waals surface area contributed by atoms with Gasteiger partial charge in [-0.25, -0.2) is 9.98 Å². The number of thiazole rings is 1. The summed E-state index contributed by atoms with van der Waals surface area (Å²) >= 11 is 1.68. The average molecular weight is 540 g/mol. The highest BCUT2D eigenvalue weighted by Crippen LogP contribution is 2.19. The summed E-state index contributed by atoms with van der Waals surface area (Å²) < 4.78 is 5.32. The van der Waals surface area contributed by atoms with Gasteiger partial charge in [0.05, 0.1) is 30.1 Å². The van der Waals surface area contributed by atoms with E-state index in [0.29, 0.717) is 18.3 Å². The van der Waals surface area contributed by atoms with Gasteiger partial charge in [0.25, 0.3) is 0 Å². The van der Waals surface area contributed by atoms with E-state index in [-0.39, 0.29) is 30.5 Å². The van der Waals surface area contributed by atoms with Crippen LogP contribution in [0.5, 0.6) is 0 Å². The van der Waals surface area contributed by atoms with Crippen LogP contribution in [0.25, 0.3) is 0 Å². The third kappa shape index (κ3) is 7.41. The highest BCUT2D eigenvalue weighted by molar-refractivity contribution is 14.0. The van der Waals surface area contributed by atoms with Crippen molar-refractivity contribution in [3.05, 3.63) is 76.1 Å². The van der Waals surface area contributed by atoms with E-state index in [9.17, 15) is 5.11 Å². The Morgan fingerprint density at radius 3 is 2.67 bits per heavy atom. The third-order valence-corrected chi connectivity index (χ3v) is 5.42. The first-order valence-electron chi connectivity index (χ1n) is 9.82. The lowest BCUT2D eigenvalue weighted by molar-refractivity contribution is 0.0386. The van der Waals surface area contributed by atoms with Gasteiger partial charge in [-0.15, -0.1) is 35.3 Å². The first-order chi connectivity index (χ1) is 14.1. The van der Waals surface area contributed by atoms with Gasteiger partial charge in [-0.2, -0.15) is 0 Å². The van der Waals surface area contributed by atoms with Crippen molar-refractivity contribution in [1.82, 2.24) is 15.6 Å². The van der Waals surface area contributed by atoms with Crippen molar-refractivity contribution in [2.75, 3.05) is 13.1 Å². The van der Waals surface area contributed by atoms with Crippen LogP contribution >= 0.6 is 35.3 Å². The number of halogens is 1. The molecule has 162 valence electrons. The van der Waals surface area contributed by atoms with Gasteiger partial charge < -0.3 is 20.2 Å². The standard InChI is InChI=1S/C22H28N4O2S.HI/c1-3-23-21(25-16-22(2,27)19-10-7-13-28-19)24-14-18-15-29-20(26-18)12-11-17-8-5-4-6-9-17;/h4-10,13,15,27H,3,11-12,14,16H2,1-2H3,(H2,23,24,25);1H. The molecular formula is C22H29IN4O2S. The second-order valence-corrected chi connectivity index (χ2v) is 7.96. The first kappa shape index (κ1) is 24.4. The maximum absolute atomic E-state index is 10.6. The number of rotatable bonds is 9. The summed E-state index contributed by atoms with van der Waals surface area (Å²) in [5.74, 6) is 1.15. The van der Waals surface area contributed by atoms with Crippen LogP contribution in [0.2, 0.25) is 0 Å². The van der Waals surface area contributed by atoms with E-state index in [1.54, 1.807) is 36.7 Å². The topological polar surface area (TPSA) is 82.7 Å². The fourth-order valence-electron chi connectivity index (χ4n) is 2.86. The van der Waals surface area contributed by atoms with Crippen LogP contribution < -0.4 is 10.6 Å². The summed E-state index contributed by atoms with van der Waals surface area (Å²) in [5.41, 5.74) is 1.16. The summed E-state index contributed by atoms with van der Waals surface area (Å²) in [6.07, 6.45) is 3.48. The van der Waals surface area contributed by atoms with Crippen LogP contribution in [0.1, 0.15) is 35.9 Å². The van der Waals surface area contributed by atoms with Crippen molar-refractivity contribution in [3.63, 3.8) is 0 Å². The summed E-state index contributed by atoms with van der Waals surface area (Å²) in [4.78, 5) is 9.30. The molecule has 3 rings (SSSR count). The predicted molar refractivity (Wildman–Crippen MR) is 132 cm³/mol. The van der Waals surface area contributed by atoms with Crippen molar-refractivity contribution in [1.29, 1.82) is 0 Å².